The fourth-order valence-electron chi connectivity index (χ4n) is 1.31. The van der Waals surface area contributed by atoms with Gasteiger partial charge in [-0.1, -0.05) is 0 Å². The lowest BCUT2D eigenvalue weighted by atomic mass is 10.1. The number of hydrogen-bond donors (Lipinski definition) is 0. The number of allylic oxidation sites excluding steroid dienone is 1. The van der Waals surface area contributed by atoms with Gasteiger partial charge in [0.05, 0.1) is 4.92 Å². The lowest BCUT2D eigenvalue weighted by Gasteiger charge is -2.08. The van der Waals surface area contributed by atoms with E-state index in [-0.39, 0.29) is 5.69 Å². The Bertz CT molecular complexity index is 380. The van der Waals surface area contributed by atoms with Gasteiger partial charge in [0.25, 0.3) is 5.69 Å². The van der Waals surface area contributed by atoms with E-state index in [0.717, 1.165) is 11.1 Å². The van der Waals surface area contributed by atoms with Gasteiger partial charge in [-0.05, 0) is 30.2 Å². The molecular formula is C11H14N2O2. The van der Waals surface area contributed by atoms with Crippen molar-refractivity contribution >= 4 is 11.3 Å². The number of non-ortho nitro benzene ring substituents is 1. The number of hydrogen-bond acceptors (Lipinski definition) is 3. The molecule has 1 aromatic carbocycles. The molecule has 0 aliphatic heterocycles. The van der Waals surface area contributed by atoms with Crippen molar-refractivity contribution in [1.82, 2.24) is 4.90 Å². The average molecular weight is 206 g/mol. The summed E-state index contributed by atoms with van der Waals surface area (Å²) >= 11 is 0. The first kappa shape index (κ1) is 11.2. The van der Waals surface area contributed by atoms with Gasteiger partial charge in [-0.15, -0.1) is 0 Å². The van der Waals surface area contributed by atoms with Crippen LogP contribution in [0, 0.1) is 10.1 Å². The highest BCUT2D eigenvalue weighted by atomic mass is 16.6. The summed E-state index contributed by atoms with van der Waals surface area (Å²) in [6, 6.07) is 6.55. The van der Waals surface area contributed by atoms with Crippen molar-refractivity contribution in [3.05, 3.63) is 46.1 Å². The second-order valence-corrected chi connectivity index (χ2v) is 3.58. The average Bonchev–Trinajstić information content (AvgIpc) is 2.17. The Morgan fingerprint density at radius 3 is 2.27 bits per heavy atom. The van der Waals surface area contributed by atoms with Gasteiger partial charge in [0.1, 0.15) is 0 Å². The van der Waals surface area contributed by atoms with Gasteiger partial charge in [-0.25, -0.2) is 0 Å². The van der Waals surface area contributed by atoms with Crippen LogP contribution in [0.5, 0.6) is 0 Å². The first-order valence-electron chi connectivity index (χ1n) is 4.60. The van der Waals surface area contributed by atoms with Gasteiger partial charge in [-0.3, -0.25) is 10.1 Å². The minimum Gasteiger partial charge on any atom is -0.383 e. The zero-order chi connectivity index (χ0) is 11.4. The molecule has 4 heteroatoms. The van der Waals surface area contributed by atoms with Crippen LogP contribution in [-0.4, -0.2) is 23.9 Å². The van der Waals surface area contributed by atoms with Crippen LogP contribution < -0.4 is 0 Å². The van der Waals surface area contributed by atoms with Crippen LogP contribution in [0.15, 0.2) is 30.5 Å². The van der Waals surface area contributed by atoms with Gasteiger partial charge in [-0.2, -0.15) is 0 Å². The fourth-order valence-corrected chi connectivity index (χ4v) is 1.31. The third kappa shape index (κ3) is 3.09. The number of nitrogens with zero attached hydrogens (tertiary/aromatic N) is 2. The highest BCUT2D eigenvalue weighted by Gasteiger charge is 2.04. The fraction of sp³-hybridized carbons (Fsp3) is 0.273. The Kier molecular flexibility index (Phi) is 3.44. The van der Waals surface area contributed by atoms with Gasteiger partial charge in [0.2, 0.25) is 0 Å². The Hall–Kier alpha value is -1.84. The third-order valence-corrected chi connectivity index (χ3v) is 1.99. The van der Waals surface area contributed by atoms with Gasteiger partial charge in [0.15, 0.2) is 0 Å². The number of benzene rings is 1. The molecule has 0 bridgehead atoms. The summed E-state index contributed by atoms with van der Waals surface area (Å²) in [6.07, 6.45) is 1.97. The lowest BCUT2D eigenvalue weighted by molar-refractivity contribution is -0.384. The SMILES string of the molecule is CC(=CN(C)C)c1ccc([N+](=O)[O-])cc1. The van der Waals surface area contributed by atoms with Crippen LogP contribution in [0.2, 0.25) is 0 Å². The summed E-state index contributed by atoms with van der Waals surface area (Å²) in [5, 5.41) is 10.4. The van der Waals surface area contributed by atoms with Crippen molar-refractivity contribution in [2.75, 3.05) is 14.1 Å². The van der Waals surface area contributed by atoms with Crippen LogP contribution >= 0.6 is 0 Å². The normalized spacial score (nSPS) is 11.3. The van der Waals surface area contributed by atoms with E-state index in [0.29, 0.717) is 0 Å². The molecule has 0 saturated carbocycles. The van der Waals surface area contributed by atoms with E-state index in [4.69, 9.17) is 0 Å². The quantitative estimate of drug-likeness (QED) is 0.564. The molecule has 0 aliphatic rings. The van der Waals surface area contributed by atoms with E-state index in [1.165, 1.54) is 12.1 Å². The van der Waals surface area contributed by atoms with E-state index in [1.807, 2.05) is 32.1 Å². The predicted octanol–water partition coefficient (Wildman–Crippen LogP) is 2.52. The molecule has 0 aliphatic carbocycles. The standard InChI is InChI=1S/C11H14N2O2/c1-9(8-12(2)3)10-4-6-11(7-5-10)13(14)15/h4-8H,1-3H3. The highest BCUT2D eigenvalue weighted by Crippen LogP contribution is 2.18. The molecule has 0 saturated heterocycles. The molecule has 1 rings (SSSR count). The second-order valence-electron chi connectivity index (χ2n) is 3.58. The molecular weight excluding hydrogens is 192 g/mol. The Morgan fingerprint density at radius 1 is 1.33 bits per heavy atom. The Balaban J connectivity index is 2.94. The molecule has 1 aromatic rings. The molecule has 4 nitrogen and oxygen atoms in total. The summed E-state index contributed by atoms with van der Waals surface area (Å²) in [5.41, 5.74) is 2.20. The molecule has 0 amide bonds. The molecule has 0 spiro atoms. The minimum absolute atomic E-state index is 0.122. The molecule has 0 unspecified atom stereocenters. The zero-order valence-corrected chi connectivity index (χ0v) is 9.10. The van der Waals surface area contributed by atoms with Crippen molar-refractivity contribution < 1.29 is 4.92 Å². The molecule has 0 aromatic heterocycles. The summed E-state index contributed by atoms with van der Waals surface area (Å²) in [6.45, 7) is 1.97. The van der Waals surface area contributed by atoms with E-state index >= 15 is 0 Å². The summed E-state index contributed by atoms with van der Waals surface area (Å²) < 4.78 is 0. The van der Waals surface area contributed by atoms with E-state index < -0.39 is 4.92 Å². The van der Waals surface area contributed by atoms with Crippen molar-refractivity contribution in [2.24, 2.45) is 0 Å². The maximum Gasteiger partial charge on any atom is 0.269 e. The predicted molar refractivity (Wildman–Crippen MR) is 60.4 cm³/mol. The van der Waals surface area contributed by atoms with Crippen LogP contribution in [-0.2, 0) is 0 Å². The van der Waals surface area contributed by atoms with Gasteiger partial charge < -0.3 is 4.90 Å². The highest BCUT2D eigenvalue weighted by molar-refractivity contribution is 5.64. The van der Waals surface area contributed by atoms with Crippen molar-refractivity contribution in [2.45, 2.75) is 6.92 Å². The molecule has 0 heterocycles. The maximum absolute atomic E-state index is 10.4. The van der Waals surface area contributed by atoms with Crippen molar-refractivity contribution in [3.8, 4) is 0 Å². The number of nitro groups is 1. The summed E-state index contributed by atoms with van der Waals surface area (Å²) in [7, 11) is 3.88. The van der Waals surface area contributed by atoms with E-state index in [2.05, 4.69) is 0 Å². The van der Waals surface area contributed by atoms with Gasteiger partial charge >= 0.3 is 0 Å². The van der Waals surface area contributed by atoms with E-state index in [1.54, 1.807) is 12.1 Å². The number of nitro benzene ring substituents is 1. The minimum atomic E-state index is -0.394. The first-order chi connectivity index (χ1) is 7.00. The van der Waals surface area contributed by atoms with Crippen LogP contribution in [0.25, 0.3) is 5.57 Å². The molecule has 0 atom stereocenters. The molecule has 0 N–H and O–H groups in total. The number of rotatable bonds is 3. The van der Waals surface area contributed by atoms with Crippen LogP contribution in [0.3, 0.4) is 0 Å². The summed E-state index contributed by atoms with van der Waals surface area (Å²) in [4.78, 5) is 12.0. The van der Waals surface area contributed by atoms with E-state index in [9.17, 15) is 10.1 Å². The molecule has 80 valence electrons. The van der Waals surface area contributed by atoms with Crippen molar-refractivity contribution in [1.29, 1.82) is 0 Å². The first-order valence-corrected chi connectivity index (χ1v) is 4.60. The Morgan fingerprint density at radius 2 is 1.87 bits per heavy atom. The lowest BCUT2D eigenvalue weighted by Crippen LogP contribution is -2.01. The van der Waals surface area contributed by atoms with Gasteiger partial charge in [0, 0.05) is 32.4 Å². The molecule has 0 radical (unpaired) electrons. The largest absolute Gasteiger partial charge is 0.383 e. The van der Waals surface area contributed by atoms with Crippen molar-refractivity contribution in [3.63, 3.8) is 0 Å². The smallest absolute Gasteiger partial charge is 0.269 e. The summed E-state index contributed by atoms with van der Waals surface area (Å²) in [5.74, 6) is 0. The molecule has 0 fully saturated rings. The Labute approximate surface area is 89.0 Å². The maximum atomic E-state index is 10.4. The monoisotopic (exact) mass is 206 g/mol. The second kappa shape index (κ2) is 4.59. The third-order valence-electron chi connectivity index (χ3n) is 1.99. The topological polar surface area (TPSA) is 46.4 Å². The van der Waals surface area contributed by atoms with Crippen LogP contribution in [0.1, 0.15) is 12.5 Å². The zero-order valence-electron chi connectivity index (χ0n) is 9.10. The van der Waals surface area contributed by atoms with Crippen LogP contribution in [0.4, 0.5) is 5.69 Å². The molecule has 15 heavy (non-hydrogen) atoms.